The normalized spacial score (nSPS) is 13.0. The predicted octanol–water partition coefficient (Wildman–Crippen LogP) is 10.8. The number of halogens is 12. The Hall–Kier alpha value is -5.08. The molecule has 6 nitrogen and oxygen atoms in total. The van der Waals surface area contributed by atoms with Crippen LogP contribution in [0.4, 0.5) is 52.7 Å². The minimum absolute atomic E-state index is 0.00668. The number of benzene rings is 3. The summed E-state index contributed by atoms with van der Waals surface area (Å²) in [5.41, 5.74) is 1.53. The van der Waals surface area contributed by atoms with E-state index in [0.29, 0.717) is 12.2 Å². The Morgan fingerprint density at radius 2 is 1.14 bits per heavy atom. The zero-order valence-electron chi connectivity index (χ0n) is 30.2. The van der Waals surface area contributed by atoms with Gasteiger partial charge in [0.25, 0.3) is 0 Å². The summed E-state index contributed by atoms with van der Waals surface area (Å²) in [4.78, 5) is 24.7. The Balaban J connectivity index is 1.48. The van der Waals surface area contributed by atoms with Crippen LogP contribution in [-0.2, 0) is 9.53 Å². The maximum absolute atomic E-state index is 14.0. The number of rotatable bonds is 20. The molecule has 0 saturated carbocycles. The monoisotopic (exact) mass is 828 g/mol. The zero-order chi connectivity index (χ0) is 42.7. The van der Waals surface area contributed by atoms with Crippen molar-refractivity contribution >= 4 is 11.9 Å². The number of ether oxygens (including phenoxy) is 4. The van der Waals surface area contributed by atoms with Gasteiger partial charge in [0.2, 0.25) is 0 Å². The van der Waals surface area contributed by atoms with Gasteiger partial charge in [-0.3, -0.25) is 0 Å². The molecule has 0 bridgehead atoms. The van der Waals surface area contributed by atoms with Crippen LogP contribution in [0.2, 0.25) is 0 Å². The van der Waals surface area contributed by atoms with Gasteiger partial charge in [-0.25, -0.2) is 18.4 Å². The molecule has 0 radical (unpaired) electrons. The van der Waals surface area contributed by atoms with Crippen LogP contribution in [0.25, 0.3) is 0 Å². The fourth-order valence-corrected chi connectivity index (χ4v) is 4.70. The lowest BCUT2D eigenvalue weighted by atomic mass is 9.93. The molecule has 0 aliphatic heterocycles. The summed E-state index contributed by atoms with van der Waals surface area (Å²) >= 11 is 0. The van der Waals surface area contributed by atoms with Crippen LogP contribution < -0.4 is 14.2 Å². The van der Waals surface area contributed by atoms with Gasteiger partial charge < -0.3 is 18.9 Å². The Labute approximate surface area is 319 Å². The van der Waals surface area contributed by atoms with Crippen LogP contribution in [0.5, 0.6) is 17.2 Å². The first kappa shape index (κ1) is 46.3. The van der Waals surface area contributed by atoms with Crippen LogP contribution in [-0.4, -0.2) is 67.3 Å². The largest absolute Gasteiger partial charge is 0.494 e. The molecule has 0 N–H and O–H groups in total. The lowest BCUT2D eigenvalue weighted by Gasteiger charge is -2.39. The van der Waals surface area contributed by atoms with Crippen LogP contribution in [0, 0.1) is 11.8 Å². The van der Waals surface area contributed by atoms with Crippen molar-refractivity contribution in [3.8, 4) is 29.1 Å². The Kier molecular flexibility index (Phi) is 15.7. The van der Waals surface area contributed by atoms with Gasteiger partial charge in [0.05, 0.1) is 25.2 Å². The van der Waals surface area contributed by atoms with Crippen molar-refractivity contribution in [1.29, 1.82) is 0 Å². The fraction of sp³-hybridized carbons (Fsp3) is 0.436. The molecule has 0 spiro atoms. The summed E-state index contributed by atoms with van der Waals surface area (Å²) < 4.78 is 181. The van der Waals surface area contributed by atoms with Gasteiger partial charge in [-0.15, -0.1) is 0 Å². The van der Waals surface area contributed by atoms with E-state index in [1.54, 1.807) is 12.1 Å². The smallest absolute Gasteiger partial charge is 0.384 e. The zero-order valence-corrected chi connectivity index (χ0v) is 30.2. The molecule has 0 heterocycles. The van der Waals surface area contributed by atoms with Crippen molar-refractivity contribution in [1.82, 2.24) is 0 Å². The third-order valence-electron chi connectivity index (χ3n) is 8.12. The van der Waals surface area contributed by atoms with E-state index in [2.05, 4.69) is 23.5 Å². The molecule has 0 unspecified atom stereocenters. The van der Waals surface area contributed by atoms with Gasteiger partial charge in [0, 0.05) is 11.1 Å². The van der Waals surface area contributed by atoms with Gasteiger partial charge in [-0.2, -0.15) is 43.9 Å². The van der Waals surface area contributed by atoms with Crippen molar-refractivity contribution in [2.75, 3.05) is 13.2 Å². The number of esters is 2. The minimum Gasteiger partial charge on any atom is -0.494 e. The third-order valence-corrected chi connectivity index (χ3v) is 8.12. The summed E-state index contributed by atoms with van der Waals surface area (Å²) in [6.45, 7) is 1.93. The maximum atomic E-state index is 14.0. The molecule has 3 rings (SSSR count). The number of hydrogen-bond donors (Lipinski definition) is 0. The summed E-state index contributed by atoms with van der Waals surface area (Å²) in [6, 6.07) is 18.3. The second-order valence-electron chi connectivity index (χ2n) is 12.5. The first-order valence-electron chi connectivity index (χ1n) is 17.2. The van der Waals surface area contributed by atoms with Crippen LogP contribution in [0.1, 0.15) is 73.9 Å². The van der Waals surface area contributed by atoms with Crippen molar-refractivity contribution in [2.24, 2.45) is 0 Å². The highest BCUT2D eigenvalue weighted by molar-refractivity contribution is 5.91. The molecule has 0 aromatic heterocycles. The van der Waals surface area contributed by atoms with E-state index >= 15 is 0 Å². The number of carbonyl (C=O) groups excluding carboxylic acids is 2. The molecule has 312 valence electrons. The van der Waals surface area contributed by atoms with Gasteiger partial charge in [-0.05, 0) is 86.1 Å². The van der Waals surface area contributed by atoms with Crippen LogP contribution in [0.15, 0.2) is 72.8 Å². The second kappa shape index (κ2) is 19.4. The average Bonchev–Trinajstić information content (AvgIpc) is 3.16. The molecule has 0 fully saturated rings. The minimum atomic E-state index is -7.68. The molecule has 18 heteroatoms. The first-order chi connectivity index (χ1) is 26.6. The van der Waals surface area contributed by atoms with Gasteiger partial charge >= 0.3 is 48.0 Å². The topological polar surface area (TPSA) is 71.1 Å². The Morgan fingerprint density at radius 3 is 1.68 bits per heavy atom. The number of alkyl halides is 12. The maximum Gasteiger partial charge on any atom is 0.384 e. The quantitative estimate of drug-likeness (QED) is 0.0371. The summed E-state index contributed by atoms with van der Waals surface area (Å²) in [6.07, 6.45) is -4.23. The molecule has 1 atom stereocenters. The van der Waals surface area contributed by atoms with Crippen molar-refractivity contribution < 1.29 is 81.2 Å². The van der Waals surface area contributed by atoms with E-state index in [9.17, 15) is 62.3 Å². The van der Waals surface area contributed by atoms with E-state index in [-0.39, 0.29) is 17.1 Å². The molecule has 57 heavy (non-hydrogen) atoms. The van der Waals surface area contributed by atoms with E-state index in [1.165, 1.54) is 55.7 Å². The molecule has 0 amide bonds. The highest BCUT2D eigenvalue weighted by atomic mass is 19.4. The molecule has 0 aliphatic carbocycles. The SMILES string of the molecule is CCCCCCCOc1ccc(C#Cc2ccc(C(=O)Oc3ccc(O[C@@H](C)C(=O)OCCC(F)(F)C(F)(F)C(F)(F)C(F)(F)C(F)(F)C(F)F)cc3)cc2)cc1. The lowest BCUT2D eigenvalue weighted by molar-refractivity contribution is -0.413. The van der Waals surface area contributed by atoms with E-state index in [4.69, 9.17) is 14.2 Å². The van der Waals surface area contributed by atoms with E-state index in [1.807, 2.05) is 24.3 Å². The Morgan fingerprint density at radius 1 is 0.632 bits per heavy atom. The molecule has 3 aromatic carbocycles. The molecule has 3 aromatic rings. The van der Waals surface area contributed by atoms with Crippen molar-refractivity contribution in [3.63, 3.8) is 0 Å². The molecule has 0 saturated heterocycles. The highest BCUT2D eigenvalue weighted by Gasteiger charge is 2.87. The van der Waals surface area contributed by atoms with Gasteiger partial charge in [0.1, 0.15) is 17.2 Å². The van der Waals surface area contributed by atoms with Crippen LogP contribution in [0.3, 0.4) is 0 Å². The van der Waals surface area contributed by atoms with Gasteiger partial charge in [0.15, 0.2) is 6.10 Å². The summed E-state index contributed by atoms with van der Waals surface area (Å²) in [5.74, 6) is -31.6. The molecular formula is C39H36F12O6. The van der Waals surface area contributed by atoms with E-state index < -0.39 is 67.1 Å². The number of hydrogen-bond acceptors (Lipinski definition) is 6. The fourth-order valence-electron chi connectivity index (χ4n) is 4.70. The van der Waals surface area contributed by atoms with E-state index in [0.717, 1.165) is 31.1 Å². The summed E-state index contributed by atoms with van der Waals surface area (Å²) in [7, 11) is 0. The lowest BCUT2D eigenvalue weighted by Crippen LogP contribution is -2.68. The first-order valence-corrected chi connectivity index (χ1v) is 17.2. The Bertz CT molecular complexity index is 1820. The summed E-state index contributed by atoms with van der Waals surface area (Å²) in [5, 5.41) is 0. The number of unbranched alkanes of at least 4 members (excludes halogenated alkanes) is 4. The van der Waals surface area contributed by atoms with Crippen LogP contribution >= 0.6 is 0 Å². The predicted molar refractivity (Wildman–Crippen MR) is 181 cm³/mol. The van der Waals surface area contributed by atoms with Crippen molar-refractivity contribution in [3.05, 3.63) is 89.5 Å². The second-order valence-corrected chi connectivity index (χ2v) is 12.5. The molecular weight excluding hydrogens is 792 g/mol. The highest BCUT2D eigenvalue weighted by Crippen LogP contribution is 2.58. The third kappa shape index (κ3) is 11.5. The molecule has 0 aliphatic rings. The number of carbonyl (C=O) groups is 2. The standard InChI is InChI=1S/C39H36F12O6/c1-3-4-5-6-7-23-54-29-16-12-27(13-17-29)9-8-26-10-14-28(15-11-26)33(53)57-31-20-18-30(19-21-31)56-25(2)32(52)55-24-22-35(42,43)37(46,47)39(50,51)38(48,49)36(44,45)34(40)41/h10-21,25,34H,3-7,22-24H2,1-2H3/t25-/m0/s1. The average molecular weight is 829 g/mol. The van der Waals surface area contributed by atoms with Gasteiger partial charge in [-0.1, -0.05) is 44.4 Å². The van der Waals surface area contributed by atoms with Crippen molar-refractivity contribution in [2.45, 2.75) is 94.5 Å².